The molecule has 0 radical (unpaired) electrons. The zero-order valence-corrected chi connectivity index (χ0v) is 13.2. The molecule has 7 heteroatoms. The van der Waals surface area contributed by atoms with Gasteiger partial charge in [0.15, 0.2) is 0 Å². The summed E-state index contributed by atoms with van der Waals surface area (Å²) in [5, 5.41) is 0.512. The van der Waals surface area contributed by atoms with Gasteiger partial charge in [-0.15, -0.1) is 0 Å². The Labute approximate surface area is 134 Å². The molecule has 3 heterocycles. The number of ether oxygens (including phenoxy) is 1. The predicted molar refractivity (Wildman–Crippen MR) is 84.3 cm³/mol. The molecule has 0 N–H and O–H groups in total. The first kappa shape index (κ1) is 15.0. The van der Waals surface area contributed by atoms with E-state index in [1.165, 1.54) is 0 Å². The van der Waals surface area contributed by atoms with Crippen LogP contribution in [0.2, 0.25) is 5.02 Å². The van der Waals surface area contributed by atoms with Gasteiger partial charge in [0.25, 0.3) is 0 Å². The molecule has 0 aromatic carbocycles. The van der Waals surface area contributed by atoms with Crippen molar-refractivity contribution in [1.82, 2.24) is 19.9 Å². The van der Waals surface area contributed by atoms with Gasteiger partial charge in [0, 0.05) is 37.7 Å². The molecule has 1 aliphatic heterocycles. The summed E-state index contributed by atoms with van der Waals surface area (Å²) in [6.45, 7) is 3.90. The molecule has 3 rings (SSSR count). The van der Waals surface area contributed by atoms with Crippen LogP contribution < -0.4 is 9.64 Å². The zero-order valence-electron chi connectivity index (χ0n) is 12.4. The minimum absolute atomic E-state index is 0.130. The summed E-state index contributed by atoms with van der Waals surface area (Å²) in [5.41, 5.74) is 1.07. The Bertz CT molecular complexity index is 614. The van der Waals surface area contributed by atoms with Crippen molar-refractivity contribution in [2.75, 3.05) is 18.0 Å². The molecule has 116 valence electrons. The van der Waals surface area contributed by atoms with Crippen molar-refractivity contribution < 1.29 is 4.74 Å². The minimum Gasteiger partial charge on any atom is -0.460 e. The molecule has 22 heavy (non-hydrogen) atoms. The van der Waals surface area contributed by atoms with Crippen molar-refractivity contribution in [2.24, 2.45) is 0 Å². The molecule has 6 nitrogen and oxygen atoms in total. The van der Waals surface area contributed by atoms with E-state index in [4.69, 9.17) is 16.3 Å². The highest BCUT2D eigenvalue weighted by atomic mass is 35.5. The Morgan fingerprint density at radius 2 is 1.91 bits per heavy atom. The summed E-state index contributed by atoms with van der Waals surface area (Å²) >= 11 is 5.77. The molecule has 2 aromatic rings. The Morgan fingerprint density at radius 3 is 2.59 bits per heavy atom. The van der Waals surface area contributed by atoms with E-state index < -0.39 is 0 Å². The maximum Gasteiger partial charge on any atom is 0.316 e. The predicted octanol–water partition coefficient (Wildman–Crippen LogP) is 2.53. The fourth-order valence-corrected chi connectivity index (χ4v) is 2.56. The number of hydrogen-bond acceptors (Lipinski definition) is 6. The minimum atomic E-state index is 0.130. The van der Waals surface area contributed by atoms with Crippen LogP contribution in [0.5, 0.6) is 6.01 Å². The van der Waals surface area contributed by atoms with Gasteiger partial charge in [-0.1, -0.05) is 18.5 Å². The topological polar surface area (TPSA) is 64.0 Å². The number of anilines is 1. The van der Waals surface area contributed by atoms with Crippen molar-refractivity contribution in [3.63, 3.8) is 0 Å². The summed E-state index contributed by atoms with van der Waals surface area (Å²) in [4.78, 5) is 19.0. The summed E-state index contributed by atoms with van der Waals surface area (Å²) in [6.07, 6.45) is 7.61. The van der Waals surface area contributed by atoms with Crippen LogP contribution in [0.1, 0.15) is 25.5 Å². The van der Waals surface area contributed by atoms with Crippen LogP contribution in [0.25, 0.3) is 0 Å². The molecule has 0 unspecified atom stereocenters. The Balaban J connectivity index is 1.56. The van der Waals surface area contributed by atoms with Gasteiger partial charge in [0.2, 0.25) is 0 Å². The first-order chi connectivity index (χ1) is 10.7. The third kappa shape index (κ3) is 3.62. The molecule has 0 atom stereocenters. The first-order valence-corrected chi connectivity index (χ1v) is 7.82. The molecular formula is C15H18ClN5O. The number of hydrogen-bond donors (Lipinski definition) is 0. The molecule has 0 aliphatic carbocycles. The van der Waals surface area contributed by atoms with Crippen LogP contribution >= 0.6 is 11.6 Å². The molecule has 0 bridgehead atoms. The average Bonchev–Trinajstić information content (AvgIpc) is 2.58. The van der Waals surface area contributed by atoms with Crippen LogP contribution in [0.3, 0.4) is 0 Å². The molecule has 1 aliphatic rings. The van der Waals surface area contributed by atoms with Crippen molar-refractivity contribution in [1.29, 1.82) is 0 Å². The average molecular weight is 320 g/mol. The lowest BCUT2D eigenvalue weighted by Gasteiger charge is -2.32. The van der Waals surface area contributed by atoms with Crippen LogP contribution in [0, 0.1) is 0 Å². The van der Waals surface area contributed by atoms with Crippen LogP contribution in [-0.4, -0.2) is 39.1 Å². The first-order valence-electron chi connectivity index (χ1n) is 7.44. The Kier molecular flexibility index (Phi) is 4.68. The maximum atomic E-state index is 5.80. The fraction of sp³-hybridized carbons (Fsp3) is 0.467. The molecule has 1 saturated heterocycles. The largest absolute Gasteiger partial charge is 0.460 e. The Morgan fingerprint density at radius 1 is 1.18 bits per heavy atom. The van der Waals surface area contributed by atoms with E-state index in [0.717, 1.165) is 43.9 Å². The van der Waals surface area contributed by atoms with E-state index in [0.29, 0.717) is 11.0 Å². The quantitative estimate of drug-likeness (QED) is 0.863. The fourth-order valence-electron chi connectivity index (χ4n) is 2.47. The second kappa shape index (κ2) is 6.87. The smallest absolute Gasteiger partial charge is 0.316 e. The van der Waals surface area contributed by atoms with Crippen LogP contribution in [-0.2, 0) is 6.42 Å². The number of aromatic nitrogens is 4. The summed E-state index contributed by atoms with van der Waals surface area (Å²) in [7, 11) is 0. The van der Waals surface area contributed by atoms with Gasteiger partial charge in [-0.2, -0.15) is 0 Å². The van der Waals surface area contributed by atoms with Crippen molar-refractivity contribution in [3.8, 4) is 6.01 Å². The van der Waals surface area contributed by atoms with Crippen LogP contribution in [0.4, 0.5) is 5.82 Å². The van der Waals surface area contributed by atoms with Crippen molar-refractivity contribution >= 4 is 17.4 Å². The van der Waals surface area contributed by atoms with Gasteiger partial charge >= 0.3 is 6.01 Å². The molecule has 0 spiro atoms. The van der Waals surface area contributed by atoms with Gasteiger partial charge in [-0.05, 0) is 6.42 Å². The Hall–Kier alpha value is -1.95. The number of halogens is 1. The van der Waals surface area contributed by atoms with Crippen LogP contribution in [0.15, 0.2) is 24.8 Å². The summed E-state index contributed by atoms with van der Waals surface area (Å²) in [6, 6.07) is 2.45. The van der Waals surface area contributed by atoms with Gasteiger partial charge in [-0.25, -0.2) is 19.9 Å². The van der Waals surface area contributed by atoms with E-state index in [2.05, 4.69) is 37.8 Å². The van der Waals surface area contributed by atoms with E-state index >= 15 is 0 Å². The second-order valence-electron chi connectivity index (χ2n) is 5.21. The highest BCUT2D eigenvalue weighted by Gasteiger charge is 2.22. The van der Waals surface area contributed by atoms with E-state index in [-0.39, 0.29) is 6.10 Å². The number of piperidine rings is 1. The maximum absolute atomic E-state index is 5.80. The molecule has 2 aromatic heterocycles. The van der Waals surface area contributed by atoms with E-state index in [1.54, 1.807) is 18.7 Å². The molecular weight excluding hydrogens is 302 g/mol. The molecule has 0 amide bonds. The zero-order chi connectivity index (χ0) is 15.4. The highest BCUT2D eigenvalue weighted by molar-refractivity contribution is 6.30. The summed E-state index contributed by atoms with van der Waals surface area (Å²) < 4.78 is 5.80. The van der Waals surface area contributed by atoms with E-state index in [9.17, 15) is 0 Å². The van der Waals surface area contributed by atoms with Gasteiger partial charge in [0.05, 0.1) is 17.4 Å². The highest BCUT2D eigenvalue weighted by Crippen LogP contribution is 2.21. The third-order valence-corrected chi connectivity index (χ3v) is 3.90. The van der Waals surface area contributed by atoms with Crippen molar-refractivity contribution in [2.45, 2.75) is 32.3 Å². The van der Waals surface area contributed by atoms with E-state index in [1.807, 2.05) is 0 Å². The lowest BCUT2D eigenvalue weighted by Crippen LogP contribution is -2.39. The molecule has 0 saturated carbocycles. The standard InChI is InChI=1S/C15H18ClN5O/c1-2-12-7-14(20-10-19-12)21-5-3-13(4-6-21)22-15-17-8-11(16)9-18-15/h7-10,13H,2-6H2,1H3. The van der Waals surface area contributed by atoms with Gasteiger partial charge in [0.1, 0.15) is 18.2 Å². The monoisotopic (exact) mass is 319 g/mol. The van der Waals surface area contributed by atoms with Crippen molar-refractivity contribution in [3.05, 3.63) is 35.5 Å². The normalized spacial score (nSPS) is 15.8. The third-order valence-electron chi connectivity index (χ3n) is 3.71. The summed E-state index contributed by atoms with van der Waals surface area (Å²) in [5.74, 6) is 0.994. The lowest BCUT2D eigenvalue weighted by molar-refractivity contribution is 0.156. The number of aryl methyl sites for hydroxylation is 1. The SMILES string of the molecule is CCc1cc(N2CCC(Oc3ncc(Cl)cn3)CC2)ncn1. The molecule has 1 fully saturated rings. The second-order valence-corrected chi connectivity index (χ2v) is 5.65. The van der Waals surface area contributed by atoms with Gasteiger partial charge in [-0.3, -0.25) is 0 Å². The van der Waals surface area contributed by atoms with Gasteiger partial charge < -0.3 is 9.64 Å². The number of nitrogens with zero attached hydrogens (tertiary/aromatic N) is 5. The number of rotatable bonds is 4. The lowest BCUT2D eigenvalue weighted by atomic mass is 10.1.